The van der Waals surface area contributed by atoms with E-state index in [9.17, 15) is 0 Å². The Morgan fingerprint density at radius 2 is 2.06 bits per heavy atom. The van der Waals surface area contributed by atoms with Crippen molar-refractivity contribution in [1.29, 1.82) is 0 Å². The molecule has 0 N–H and O–H groups in total. The molecule has 0 saturated heterocycles. The number of rotatable bonds is 3. The predicted molar refractivity (Wildman–Crippen MR) is 75.1 cm³/mol. The van der Waals surface area contributed by atoms with Crippen molar-refractivity contribution in [2.75, 3.05) is 0 Å². The lowest BCUT2D eigenvalue weighted by Crippen LogP contribution is -1.90. The molecule has 0 aliphatic carbocycles. The SMILES string of the molecule is C=COc1c(C)cc(Br)c(C)c1Cl.C=NC=O. The second-order valence-corrected chi connectivity index (χ2v) is 4.25. The number of hydrogen-bond acceptors (Lipinski definition) is 2. The van der Waals surface area contributed by atoms with Gasteiger partial charge >= 0.3 is 0 Å². The Morgan fingerprint density at radius 1 is 1.53 bits per heavy atom. The summed E-state index contributed by atoms with van der Waals surface area (Å²) in [6, 6.07) is 1.97. The number of ether oxygens (including phenoxy) is 1. The standard InChI is InChI=1S/C10H10BrClO.C2H3NO/c1-4-13-10-6(2)5-8(11)7(3)9(10)12;1-3-2-4/h4-5H,1H2,2-3H3;2H,1H2. The van der Waals surface area contributed by atoms with E-state index in [0.717, 1.165) is 15.6 Å². The molecule has 0 saturated carbocycles. The first-order valence-corrected chi connectivity index (χ1v) is 5.78. The fraction of sp³-hybridized carbons (Fsp3) is 0.167. The van der Waals surface area contributed by atoms with Gasteiger partial charge in [-0.15, -0.1) is 0 Å². The lowest BCUT2D eigenvalue weighted by molar-refractivity contribution is -0.106. The van der Waals surface area contributed by atoms with Crippen molar-refractivity contribution >= 4 is 40.7 Å². The highest BCUT2D eigenvalue weighted by atomic mass is 79.9. The van der Waals surface area contributed by atoms with Crippen LogP contribution in [0.1, 0.15) is 11.1 Å². The third kappa shape index (κ3) is 4.71. The van der Waals surface area contributed by atoms with Crippen LogP contribution in [-0.2, 0) is 4.79 Å². The topological polar surface area (TPSA) is 38.7 Å². The summed E-state index contributed by atoms with van der Waals surface area (Å²) in [6.45, 7) is 10.2. The van der Waals surface area contributed by atoms with Gasteiger partial charge in [0.1, 0.15) is 5.75 Å². The maximum Gasteiger partial charge on any atom is 0.232 e. The van der Waals surface area contributed by atoms with Crippen LogP contribution >= 0.6 is 27.5 Å². The van der Waals surface area contributed by atoms with E-state index < -0.39 is 0 Å². The molecule has 0 fully saturated rings. The van der Waals surface area contributed by atoms with Gasteiger partial charge in [-0.3, -0.25) is 4.79 Å². The van der Waals surface area contributed by atoms with E-state index >= 15 is 0 Å². The first-order chi connectivity index (χ1) is 7.99. The molecule has 3 nitrogen and oxygen atoms in total. The second-order valence-electron chi connectivity index (χ2n) is 3.02. The molecule has 0 bridgehead atoms. The van der Waals surface area contributed by atoms with E-state index in [2.05, 4.69) is 34.2 Å². The van der Waals surface area contributed by atoms with Crippen molar-refractivity contribution in [3.05, 3.63) is 39.5 Å². The van der Waals surface area contributed by atoms with Crippen LogP contribution in [0.4, 0.5) is 0 Å². The largest absolute Gasteiger partial charge is 0.464 e. The Morgan fingerprint density at radius 3 is 2.47 bits per heavy atom. The summed E-state index contributed by atoms with van der Waals surface area (Å²) in [5, 5.41) is 0.631. The number of aryl methyl sites for hydroxylation is 1. The number of amides is 1. The lowest BCUT2D eigenvalue weighted by atomic mass is 10.1. The number of nitrogens with zero attached hydrogens (tertiary/aromatic N) is 1. The van der Waals surface area contributed by atoms with Crippen LogP contribution in [0.25, 0.3) is 0 Å². The quantitative estimate of drug-likeness (QED) is 0.478. The minimum atomic E-state index is 0.389. The van der Waals surface area contributed by atoms with Crippen LogP contribution < -0.4 is 4.74 Å². The van der Waals surface area contributed by atoms with Crippen LogP contribution in [0.2, 0.25) is 5.02 Å². The number of aliphatic imine (C=N–C) groups is 1. The monoisotopic (exact) mass is 317 g/mol. The molecular weight excluding hydrogens is 305 g/mol. The lowest BCUT2D eigenvalue weighted by Gasteiger charge is -2.10. The predicted octanol–water partition coefficient (Wildman–Crippen LogP) is 4.09. The maximum absolute atomic E-state index is 8.94. The van der Waals surface area contributed by atoms with Crippen molar-refractivity contribution in [3.63, 3.8) is 0 Å². The molecule has 1 aromatic rings. The van der Waals surface area contributed by atoms with Gasteiger partial charge in [-0.25, -0.2) is 4.99 Å². The van der Waals surface area contributed by atoms with Gasteiger partial charge in [0, 0.05) is 4.47 Å². The highest BCUT2D eigenvalue weighted by Crippen LogP contribution is 2.36. The minimum Gasteiger partial charge on any atom is -0.464 e. The van der Waals surface area contributed by atoms with Crippen molar-refractivity contribution in [3.8, 4) is 5.75 Å². The van der Waals surface area contributed by atoms with Gasteiger partial charge in [0.2, 0.25) is 6.41 Å². The zero-order chi connectivity index (χ0) is 13.4. The maximum atomic E-state index is 8.94. The first kappa shape index (κ1) is 15.9. The molecule has 17 heavy (non-hydrogen) atoms. The van der Waals surface area contributed by atoms with Gasteiger partial charge < -0.3 is 4.74 Å². The highest BCUT2D eigenvalue weighted by molar-refractivity contribution is 9.10. The molecule has 1 rings (SSSR count). The van der Waals surface area contributed by atoms with E-state index in [1.807, 2.05) is 19.9 Å². The molecule has 0 aliphatic heterocycles. The summed E-state index contributed by atoms with van der Waals surface area (Å²) in [6.07, 6.45) is 1.77. The highest BCUT2D eigenvalue weighted by Gasteiger charge is 2.10. The molecule has 1 amide bonds. The van der Waals surface area contributed by atoms with Gasteiger partial charge in [-0.1, -0.05) is 34.1 Å². The zero-order valence-electron chi connectivity index (χ0n) is 9.67. The molecule has 0 spiro atoms. The zero-order valence-corrected chi connectivity index (χ0v) is 12.0. The van der Waals surface area contributed by atoms with E-state index in [0.29, 0.717) is 17.2 Å². The molecule has 0 aliphatic rings. The Kier molecular flexibility index (Phi) is 7.50. The van der Waals surface area contributed by atoms with Crippen molar-refractivity contribution in [2.24, 2.45) is 4.99 Å². The van der Waals surface area contributed by atoms with Crippen LogP contribution in [0, 0.1) is 13.8 Å². The van der Waals surface area contributed by atoms with Crippen LogP contribution in [-0.4, -0.2) is 13.1 Å². The summed E-state index contributed by atoms with van der Waals surface area (Å²) >= 11 is 9.50. The van der Waals surface area contributed by atoms with Crippen molar-refractivity contribution in [2.45, 2.75) is 13.8 Å². The average Bonchev–Trinajstić information content (AvgIpc) is 2.32. The fourth-order valence-electron chi connectivity index (χ4n) is 1.04. The van der Waals surface area contributed by atoms with Gasteiger partial charge in [-0.2, -0.15) is 0 Å². The van der Waals surface area contributed by atoms with Gasteiger partial charge in [-0.05, 0) is 37.8 Å². The molecule has 5 heteroatoms. The summed E-state index contributed by atoms with van der Waals surface area (Å²) in [7, 11) is 0. The van der Waals surface area contributed by atoms with Gasteiger partial charge in [0.15, 0.2) is 0 Å². The van der Waals surface area contributed by atoms with E-state index in [-0.39, 0.29) is 0 Å². The number of benzene rings is 1. The molecule has 0 aromatic heterocycles. The summed E-state index contributed by atoms with van der Waals surface area (Å²) in [4.78, 5) is 11.8. The molecule has 92 valence electrons. The van der Waals surface area contributed by atoms with Crippen molar-refractivity contribution < 1.29 is 9.53 Å². The Bertz CT molecular complexity index is 427. The summed E-state index contributed by atoms with van der Waals surface area (Å²) in [5.74, 6) is 0.678. The van der Waals surface area contributed by atoms with Gasteiger partial charge in [0.25, 0.3) is 0 Å². The summed E-state index contributed by atoms with van der Waals surface area (Å²) in [5.41, 5.74) is 1.96. The van der Waals surface area contributed by atoms with Crippen LogP contribution in [0.3, 0.4) is 0 Å². The third-order valence-corrected chi connectivity index (χ3v) is 3.14. The van der Waals surface area contributed by atoms with Crippen LogP contribution in [0.5, 0.6) is 5.75 Å². The second kappa shape index (κ2) is 8.03. The average molecular weight is 319 g/mol. The van der Waals surface area contributed by atoms with E-state index in [1.165, 1.54) is 6.26 Å². The molecule has 0 radical (unpaired) electrons. The molecule has 1 aromatic carbocycles. The Labute approximate surface area is 114 Å². The normalized spacial score (nSPS) is 8.71. The number of hydrogen-bond donors (Lipinski definition) is 0. The van der Waals surface area contributed by atoms with E-state index in [1.54, 1.807) is 0 Å². The molecule has 0 heterocycles. The Balaban J connectivity index is 0.000000557. The summed E-state index contributed by atoms with van der Waals surface area (Å²) < 4.78 is 6.21. The number of carbonyl (C=O) groups excluding carboxylic acids is 1. The molecular formula is C12H13BrClNO2. The van der Waals surface area contributed by atoms with Gasteiger partial charge in [0.05, 0.1) is 11.3 Å². The number of halogens is 2. The Hall–Kier alpha value is -1.13. The molecule has 0 unspecified atom stereocenters. The van der Waals surface area contributed by atoms with Crippen molar-refractivity contribution in [1.82, 2.24) is 0 Å². The minimum absolute atomic E-state index is 0.389. The van der Waals surface area contributed by atoms with E-state index in [4.69, 9.17) is 21.1 Å². The first-order valence-electron chi connectivity index (χ1n) is 4.61. The van der Waals surface area contributed by atoms with Crippen LogP contribution in [0.15, 0.2) is 28.4 Å². The third-order valence-electron chi connectivity index (χ3n) is 1.86. The molecule has 0 atom stereocenters. The number of carbonyl (C=O) groups is 1. The fourth-order valence-corrected chi connectivity index (χ4v) is 1.99. The smallest absolute Gasteiger partial charge is 0.232 e.